The average Bonchev–Trinajstić information content (AvgIpc) is 3.17. The first-order chi connectivity index (χ1) is 15.8. The van der Waals surface area contributed by atoms with Gasteiger partial charge in [-0.3, -0.25) is 13.9 Å². The molecule has 170 valence electrons. The van der Waals surface area contributed by atoms with E-state index in [1.807, 2.05) is 12.1 Å². The molecule has 0 bridgehead atoms. The van der Waals surface area contributed by atoms with E-state index in [4.69, 9.17) is 4.74 Å². The van der Waals surface area contributed by atoms with Crippen LogP contribution in [-0.4, -0.2) is 32.0 Å². The Morgan fingerprint density at radius 2 is 1.73 bits per heavy atom. The van der Waals surface area contributed by atoms with Gasteiger partial charge in [0.05, 0.1) is 19.9 Å². The molecule has 10 heteroatoms. The van der Waals surface area contributed by atoms with Gasteiger partial charge in [0.1, 0.15) is 11.6 Å². The third-order valence-corrected chi connectivity index (χ3v) is 5.42. The summed E-state index contributed by atoms with van der Waals surface area (Å²) in [5.41, 5.74) is 0.695. The first-order valence-electron chi connectivity index (χ1n) is 10.1. The minimum Gasteiger partial charge on any atom is -0.497 e. The summed E-state index contributed by atoms with van der Waals surface area (Å²) in [5.74, 6) is 0.614. The Bertz CT molecular complexity index is 1470. The van der Waals surface area contributed by atoms with Crippen LogP contribution in [0.15, 0.2) is 63.2 Å². The van der Waals surface area contributed by atoms with Crippen molar-refractivity contribution in [1.82, 2.24) is 18.7 Å². The normalized spacial score (nSPS) is 11.4. The summed E-state index contributed by atoms with van der Waals surface area (Å²) in [5, 5.41) is 6.03. The highest BCUT2D eigenvalue weighted by molar-refractivity contribution is 5.81. The summed E-state index contributed by atoms with van der Waals surface area (Å²) in [6.45, 7) is 0.0603. The number of anilines is 1. The number of nitrogens with zero attached hydrogens (tertiary/aromatic N) is 6. The van der Waals surface area contributed by atoms with Crippen LogP contribution in [0.1, 0.15) is 11.1 Å². The number of hydrazone groups is 1. The SMILES string of the molecule is COc1ccc(/C=N\N(Cc2ccccc2F)c2nc3c(c(=O)n(C)c(=O)n3C)n2C)cc1. The topological polar surface area (TPSA) is 86.7 Å². The minimum atomic E-state index is -0.487. The number of aryl methyl sites for hydroxylation is 2. The fourth-order valence-electron chi connectivity index (χ4n) is 3.52. The third-order valence-electron chi connectivity index (χ3n) is 5.42. The van der Waals surface area contributed by atoms with Crippen LogP contribution < -0.4 is 21.0 Å². The molecule has 0 atom stereocenters. The zero-order valence-corrected chi connectivity index (χ0v) is 18.7. The number of imidazole rings is 1. The molecule has 0 amide bonds. The molecule has 0 aliphatic heterocycles. The monoisotopic (exact) mass is 450 g/mol. The van der Waals surface area contributed by atoms with E-state index in [-0.39, 0.29) is 29.5 Å². The Morgan fingerprint density at radius 3 is 2.39 bits per heavy atom. The standard InChI is InChI=1S/C23H23FN6O3/c1-27-19-20(28(2)23(32)29(3)21(19)31)26-22(27)30(14-16-7-5-6-8-18(16)24)25-13-15-9-11-17(33-4)12-10-15/h5-13H,14H2,1-4H3/b25-13-. The molecule has 4 aromatic rings. The van der Waals surface area contributed by atoms with Crippen LogP contribution in [0, 0.1) is 5.82 Å². The number of benzene rings is 2. The Kier molecular flexibility index (Phi) is 5.82. The van der Waals surface area contributed by atoms with Crippen molar-refractivity contribution in [1.29, 1.82) is 0 Å². The van der Waals surface area contributed by atoms with Crippen LogP contribution in [0.5, 0.6) is 5.75 Å². The number of ether oxygens (including phenoxy) is 1. The Balaban J connectivity index is 1.85. The van der Waals surface area contributed by atoms with Crippen LogP contribution >= 0.6 is 0 Å². The van der Waals surface area contributed by atoms with Gasteiger partial charge in [0, 0.05) is 26.7 Å². The highest BCUT2D eigenvalue weighted by atomic mass is 19.1. The van der Waals surface area contributed by atoms with Crippen molar-refractivity contribution < 1.29 is 9.13 Å². The maximum atomic E-state index is 14.4. The number of fused-ring (bicyclic) bond motifs is 1. The smallest absolute Gasteiger partial charge is 0.332 e. The summed E-state index contributed by atoms with van der Waals surface area (Å²) < 4.78 is 23.5. The Labute approximate surface area is 188 Å². The molecule has 2 aromatic heterocycles. The van der Waals surface area contributed by atoms with Crippen LogP contribution in [0.25, 0.3) is 11.2 Å². The highest BCUT2D eigenvalue weighted by Gasteiger charge is 2.21. The number of methoxy groups -OCH3 is 1. The maximum absolute atomic E-state index is 14.4. The molecule has 33 heavy (non-hydrogen) atoms. The summed E-state index contributed by atoms with van der Waals surface area (Å²) in [4.78, 5) is 29.7. The minimum absolute atomic E-state index is 0.0603. The number of aromatic nitrogens is 4. The van der Waals surface area contributed by atoms with E-state index < -0.39 is 11.2 Å². The lowest BCUT2D eigenvalue weighted by Gasteiger charge is -2.18. The van der Waals surface area contributed by atoms with Gasteiger partial charge in [0.2, 0.25) is 5.95 Å². The van der Waals surface area contributed by atoms with E-state index in [1.54, 1.807) is 62.3 Å². The predicted molar refractivity (Wildman–Crippen MR) is 124 cm³/mol. The molecule has 0 saturated heterocycles. The van der Waals surface area contributed by atoms with Crippen molar-refractivity contribution in [3.8, 4) is 5.75 Å². The summed E-state index contributed by atoms with van der Waals surface area (Å²) in [6.07, 6.45) is 1.61. The molecule has 0 aliphatic rings. The Hall–Kier alpha value is -4.21. The molecule has 0 unspecified atom stereocenters. The third kappa shape index (κ3) is 4.02. The van der Waals surface area contributed by atoms with E-state index >= 15 is 0 Å². The predicted octanol–water partition coefficient (Wildman–Crippen LogP) is 2.16. The molecule has 0 saturated carbocycles. The van der Waals surface area contributed by atoms with Gasteiger partial charge in [-0.05, 0) is 35.9 Å². The van der Waals surface area contributed by atoms with Crippen molar-refractivity contribution in [2.24, 2.45) is 26.2 Å². The van der Waals surface area contributed by atoms with E-state index in [9.17, 15) is 14.0 Å². The fourth-order valence-corrected chi connectivity index (χ4v) is 3.52. The summed E-state index contributed by atoms with van der Waals surface area (Å²) >= 11 is 0. The number of hydrogen-bond donors (Lipinski definition) is 0. The van der Waals surface area contributed by atoms with Gasteiger partial charge in [-0.2, -0.15) is 10.1 Å². The van der Waals surface area contributed by atoms with Gasteiger partial charge in [-0.15, -0.1) is 0 Å². The fraction of sp³-hybridized carbons (Fsp3) is 0.217. The molecule has 0 spiro atoms. The Morgan fingerprint density at radius 1 is 1.03 bits per heavy atom. The van der Waals surface area contributed by atoms with Crippen LogP contribution in [-0.2, 0) is 27.7 Å². The molecule has 0 N–H and O–H groups in total. The number of halogens is 1. The van der Waals surface area contributed by atoms with Crippen molar-refractivity contribution in [2.75, 3.05) is 12.1 Å². The molecular formula is C23H23FN6O3. The van der Waals surface area contributed by atoms with E-state index in [0.717, 1.165) is 10.1 Å². The van der Waals surface area contributed by atoms with E-state index in [2.05, 4.69) is 10.1 Å². The van der Waals surface area contributed by atoms with Gasteiger partial charge in [0.15, 0.2) is 11.2 Å². The zero-order valence-electron chi connectivity index (χ0n) is 18.7. The number of rotatable bonds is 6. The highest BCUT2D eigenvalue weighted by Crippen LogP contribution is 2.21. The maximum Gasteiger partial charge on any atom is 0.332 e. The first-order valence-corrected chi connectivity index (χ1v) is 10.1. The second-order valence-corrected chi connectivity index (χ2v) is 7.52. The van der Waals surface area contributed by atoms with Crippen LogP contribution in [0.2, 0.25) is 0 Å². The van der Waals surface area contributed by atoms with Gasteiger partial charge < -0.3 is 9.30 Å². The number of hydrogen-bond acceptors (Lipinski definition) is 6. The molecule has 2 aromatic carbocycles. The molecule has 9 nitrogen and oxygen atoms in total. The van der Waals surface area contributed by atoms with Crippen molar-refractivity contribution in [3.05, 3.63) is 86.3 Å². The molecule has 0 fully saturated rings. The lowest BCUT2D eigenvalue weighted by Crippen LogP contribution is -2.37. The quantitative estimate of drug-likeness (QED) is 0.332. The van der Waals surface area contributed by atoms with Gasteiger partial charge in [-0.25, -0.2) is 14.2 Å². The largest absolute Gasteiger partial charge is 0.497 e. The van der Waals surface area contributed by atoms with Crippen LogP contribution in [0.3, 0.4) is 0 Å². The first kappa shape index (κ1) is 22.0. The second-order valence-electron chi connectivity index (χ2n) is 7.52. The summed E-state index contributed by atoms with van der Waals surface area (Å²) in [7, 11) is 6.20. The summed E-state index contributed by atoms with van der Waals surface area (Å²) in [6, 6.07) is 13.6. The van der Waals surface area contributed by atoms with Gasteiger partial charge >= 0.3 is 5.69 Å². The second kappa shape index (κ2) is 8.73. The zero-order chi connectivity index (χ0) is 23.7. The van der Waals surface area contributed by atoms with Gasteiger partial charge in [-0.1, -0.05) is 18.2 Å². The van der Waals surface area contributed by atoms with E-state index in [0.29, 0.717) is 11.3 Å². The average molecular weight is 450 g/mol. The van der Waals surface area contributed by atoms with Crippen LogP contribution in [0.4, 0.5) is 10.3 Å². The van der Waals surface area contributed by atoms with Crippen molar-refractivity contribution in [3.63, 3.8) is 0 Å². The molecular weight excluding hydrogens is 427 g/mol. The molecule has 0 aliphatic carbocycles. The molecule has 0 radical (unpaired) electrons. The molecule has 2 heterocycles. The lowest BCUT2D eigenvalue weighted by atomic mass is 10.2. The lowest BCUT2D eigenvalue weighted by molar-refractivity contribution is 0.415. The van der Waals surface area contributed by atoms with Crippen molar-refractivity contribution in [2.45, 2.75) is 6.54 Å². The van der Waals surface area contributed by atoms with Gasteiger partial charge in [0.25, 0.3) is 5.56 Å². The molecule has 4 rings (SSSR count). The van der Waals surface area contributed by atoms with Crippen molar-refractivity contribution >= 4 is 23.3 Å². The van der Waals surface area contributed by atoms with E-state index in [1.165, 1.54) is 22.7 Å².